The van der Waals surface area contributed by atoms with Crippen LogP contribution < -0.4 is 14.8 Å². The number of halogens is 2. The summed E-state index contributed by atoms with van der Waals surface area (Å²) in [5, 5.41) is 2.48. The first-order valence-corrected chi connectivity index (χ1v) is 9.05. The summed E-state index contributed by atoms with van der Waals surface area (Å²) in [6.07, 6.45) is 0. The van der Waals surface area contributed by atoms with Crippen LogP contribution in [0.4, 0.5) is 14.5 Å². The van der Waals surface area contributed by atoms with Crippen molar-refractivity contribution < 1.29 is 26.7 Å². The number of benzene rings is 2. The number of amides is 1. The van der Waals surface area contributed by atoms with Gasteiger partial charge in [0.05, 0.1) is 17.7 Å². The van der Waals surface area contributed by atoms with E-state index in [-0.39, 0.29) is 21.9 Å². The van der Waals surface area contributed by atoms with Crippen molar-refractivity contribution >= 4 is 21.6 Å². The third-order valence-electron chi connectivity index (χ3n) is 3.55. The maximum Gasteiger partial charge on any atom is 0.241 e. The monoisotopic (exact) mass is 384 g/mol. The minimum absolute atomic E-state index is 0.00516. The smallest absolute Gasteiger partial charge is 0.241 e. The molecule has 0 aliphatic carbocycles. The Bertz CT molecular complexity index is 932. The maximum absolute atomic E-state index is 13.8. The second kappa shape index (κ2) is 7.79. The first-order valence-electron chi connectivity index (χ1n) is 7.57. The summed E-state index contributed by atoms with van der Waals surface area (Å²) in [4.78, 5) is 11.1. The summed E-state index contributed by atoms with van der Waals surface area (Å²) in [6.45, 7) is 2.71. The Morgan fingerprint density at radius 3 is 2.42 bits per heavy atom. The van der Waals surface area contributed by atoms with E-state index in [0.717, 1.165) is 6.07 Å². The fraction of sp³-hybridized carbons (Fsp3) is 0.235. The molecule has 26 heavy (non-hydrogen) atoms. The topological polar surface area (TPSA) is 84.5 Å². The number of carbonyl (C=O) groups excluding carboxylic acids is 1. The van der Waals surface area contributed by atoms with Gasteiger partial charge >= 0.3 is 0 Å². The Labute approximate surface area is 150 Å². The lowest BCUT2D eigenvalue weighted by molar-refractivity contribution is -0.114. The van der Waals surface area contributed by atoms with Crippen molar-refractivity contribution in [2.24, 2.45) is 0 Å². The molecule has 0 bridgehead atoms. The lowest BCUT2D eigenvalue weighted by Crippen LogP contribution is -2.27. The molecular formula is C17H18F2N2O4S. The van der Waals surface area contributed by atoms with Gasteiger partial charge in [0.25, 0.3) is 0 Å². The molecule has 2 aromatic carbocycles. The first kappa shape index (κ1) is 19.8. The van der Waals surface area contributed by atoms with Crippen molar-refractivity contribution in [3.63, 3.8) is 0 Å². The lowest BCUT2D eigenvalue weighted by atomic mass is 10.1. The maximum atomic E-state index is 13.8. The van der Waals surface area contributed by atoms with E-state index in [2.05, 4.69) is 10.0 Å². The van der Waals surface area contributed by atoms with Gasteiger partial charge < -0.3 is 10.1 Å². The number of hydrogen-bond acceptors (Lipinski definition) is 4. The second-order valence-electron chi connectivity index (χ2n) is 5.55. The van der Waals surface area contributed by atoms with Gasteiger partial charge in [-0.05, 0) is 31.2 Å². The van der Waals surface area contributed by atoms with Gasteiger partial charge in [0.1, 0.15) is 17.4 Å². The quantitative estimate of drug-likeness (QED) is 0.802. The normalized spacial score (nSPS) is 12.5. The van der Waals surface area contributed by atoms with Crippen molar-refractivity contribution in [3.05, 3.63) is 53.6 Å². The van der Waals surface area contributed by atoms with Crippen LogP contribution in [0.2, 0.25) is 0 Å². The number of methoxy groups -OCH3 is 1. The summed E-state index contributed by atoms with van der Waals surface area (Å²) in [7, 11) is -2.65. The van der Waals surface area contributed by atoms with Crippen molar-refractivity contribution in [2.45, 2.75) is 24.8 Å². The summed E-state index contributed by atoms with van der Waals surface area (Å²) >= 11 is 0. The molecule has 1 atom stereocenters. The lowest BCUT2D eigenvalue weighted by Gasteiger charge is -2.17. The molecule has 0 saturated heterocycles. The third kappa shape index (κ3) is 4.55. The zero-order valence-corrected chi connectivity index (χ0v) is 15.2. The Morgan fingerprint density at radius 2 is 1.85 bits per heavy atom. The standard InChI is InChI=1S/C17H18F2N2O4S/c1-10(14-6-4-12(18)8-15(14)19)21-26(23,24)13-5-7-17(25-3)16(9-13)20-11(2)22/h4-10,21H,1-3H3,(H,20,22)/t10-/m0/s1. The summed E-state index contributed by atoms with van der Waals surface area (Å²) in [5.41, 5.74) is 0.189. The van der Waals surface area contributed by atoms with Gasteiger partial charge in [-0.1, -0.05) is 6.07 Å². The van der Waals surface area contributed by atoms with E-state index in [1.807, 2.05) is 0 Å². The molecule has 0 fully saturated rings. The Kier molecular flexibility index (Phi) is 5.94. The molecule has 0 aliphatic heterocycles. The van der Waals surface area contributed by atoms with E-state index in [1.54, 1.807) is 0 Å². The molecule has 0 aromatic heterocycles. The Hall–Kier alpha value is -2.52. The number of rotatable bonds is 6. The van der Waals surface area contributed by atoms with Crippen molar-refractivity contribution in [2.75, 3.05) is 12.4 Å². The van der Waals surface area contributed by atoms with E-state index < -0.39 is 33.6 Å². The second-order valence-corrected chi connectivity index (χ2v) is 7.27. The highest BCUT2D eigenvalue weighted by Crippen LogP contribution is 2.28. The molecule has 140 valence electrons. The molecule has 2 rings (SSSR count). The molecule has 0 saturated carbocycles. The molecule has 0 radical (unpaired) electrons. The van der Waals surface area contributed by atoms with Crippen LogP contribution in [0.1, 0.15) is 25.5 Å². The molecule has 0 aliphatic rings. The minimum atomic E-state index is -4.04. The molecule has 1 amide bonds. The minimum Gasteiger partial charge on any atom is -0.495 e. The largest absolute Gasteiger partial charge is 0.495 e. The van der Waals surface area contributed by atoms with Crippen LogP contribution in [-0.2, 0) is 14.8 Å². The van der Waals surface area contributed by atoms with Gasteiger partial charge in [-0.25, -0.2) is 21.9 Å². The molecule has 9 heteroatoms. The number of hydrogen-bond donors (Lipinski definition) is 2. The molecule has 2 aromatic rings. The Balaban J connectivity index is 2.33. The zero-order valence-electron chi connectivity index (χ0n) is 14.3. The average Bonchev–Trinajstić information content (AvgIpc) is 2.53. The van der Waals surface area contributed by atoms with Gasteiger partial charge in [-0.3, -0.25) is 4.79 Å². The first-order chi connectivity index (χ1) is 12.1. The van der Waals surface area contributed by atoms with Crippen LogP contribution >= 0.6 is 0 Å². The SMILES string of the molecule is COc1ccc(S(=O)(=O)N[C@@H](C)c2ccc(F)cc2F)cc1NC(C)=O. The summed E-state index contributed by atoms with van der Waals surface area (Å²) in [5.74, 6) is -1.71. The van der Waals surface area contributed by atoms with E-state index in [1.165, 1.54) is 45.2 Å². The number of sulfonamides is 1. The van der Waals surface area contributed by atoms with Crippen molar-refractivity contribution in [3.8, 4) is 5.75 Å². The zero-order chi connectivity index (χ0) is 19.5. The van der Waals surface area contributed by atoms with Gasteiger partial charge in [0.15, 0.2) is 0 Å². The third-order valence-corrected chi connectivity index (χ3v) is 5.09. The summed E-state index contributed by atoms with van der Waals surface area (Å²) < 4.78 is 59.4. The van der Waals surface area contributed by atoms with E-state index in [9.17, 15) is 22.0 Å². The molecule has 6 nitrogen and oxygen atoms in total. The molecule has 0 heterocycles. The molecular weight excluding hydrogens is 366 g/mol. The average molecular weight is 384 g/mol. The summed E-state index contributed by atoms with van der Waals surface area (Å²) in [6, 6.07) is 5.88. The fourth-order valence-corrected chi connectivity index (χ4v) is 3.61. The van der Waals surface area contributed by atoms with Crippen LogP contribution in [0.5, 0.6) is 5.75 Å². The highest BCUT2D eigenvalue weighted by Gasteiger charge is 2.22. The van der Waals surface area contributed by atoms with E-state index in [0.29, 0.717) is 6.07 Å². The molecule has 0 unspecified atom stereocenters. The number of carbonyl (C=O) groups is 1. The molecule has 0 spiro atoms. The number of nitrogens with one attached hydrogen (secondary N) is 2. The van der Waals surface area contributed by atoms with Crippen molar-refractivity contribution in [1.29, 1.82) is 0 Å². The highest BCUT2D eigenvalue weighted by molar-refractivity contribution is 7.89. The number of anilines is 1. The van der Waals surface area contributed by atoms with Gasteiger partial charge in [-0.2, -0.15) is 0 Å². The fourth-order valence-electron chi connectivity index (χ4n) is 2.36. The van der Waals surface area contributed by atoms with E-state index in [4.69, 9.17) is 4.74 Å². The van der Waals surface area contributed by atoms with Crippen LogP contribution in [-0.4, -0.2) is 21.4 Å². The van der Waals surface area contributed by atoms with Crippen LogP contribution in [0.25, 0.3) is 0 Å². The van der Waals surface area contributed by atoms with Gasteiger partial charge in [0, 0.05) is 24.6 Å². The van der Waals surface area contributed by atoms with Crippen LogP contribution in [0.3, 0.4) is 0 Å². The number of ether oxygens (including phenoxy) is 1. The molecule has 2 N–H and O–H groups in total. The van der Waals surface area contributed by atoms with Crippen LogP contribution in [0, 0.1) is 11.6 Å². The predicted octanol–water partition coefficient (Wildman–Crippen LogP) is 2.97. The van der Waals surface area contributed by atoms with Gasteiger partial charge in [-0.15, -0.1) is 0 Å². The van der Waals surface area contributed by atoms with E-state index >= 15 is 0 Å². The van der Waals surface area contributed by atoms with Crippen molar-refractivity contribution in [1.82, 2.24) is 4.72 Å². The highest BCUT2D eigenvalue weighted by atomic mass is 32.2. The van der Waals surface area contributed by atoms with Crippen LogP contribution in [0.15, 0.2) is 41.3 Å². The van der Waals surface area contributed by atoms with Gasteiger partial charge in [0.2, 0.25) is 15.9 Å². The Morgan fingerprint density at radius 1 is 1.15 bits per heavy atom. The predicted molar refractivity (Wildman–Crippen MR) is 92.4 cm³/mol.